The van der Waals surface area contributed by atoms with Crippen LogP contribution < -0.4 is 5.73 Å². The molecule has 0 radical (unpaired) electrons. The van der Waals surface area contributed by atoms with E-state index in [2.05, 4.69) is 22.0 Å². The number of aliphatic imine (C=N–C) groups is 1. The average Bonchev–Trinajstić information content (AvgIpc) is 3.10. The van der Waals surface area contributed by atoms with Crippen molar-refractivity contribution in [2.75, 3.05) is 7.05 Å². The lowest BCUT2D eigenvalue weighted by atomic mass is 10.2. The van der Waals surface area contributed by atoms with Gasteiger partial charge in [0, 0.05) is 13.1 Å². The van der Waals surface area contributed by atoms with Crippen LogP contribution in [0.3, 0.4) is 0 Å². The van der Waals surface area contributed by atoms with Gasteiger partial charge in [-0.15, -0.1) is 0 Å². The smallest absolute Gasteiger partial charge is 0.191 e. The van der Waals surface area contributed by atoms with Crippen LogP contribution in [-0.2, 0) is 6.54 Å². The minimum atomic E-state index is 0.629. The van der Waals surface area contributed by atoms with Gasteiger partial charge in [-0.3, -0.25) is 0 Å². The van der Waals surface area contributed by atoms with Crippen LogP contribution in [0.25, 0.3) is 0 Å². The predicted octanol–water partition coefficient (Wildman–Crippen LogP) is 1.60. The summed E-state index contributed by atoms with van der Waals surface area (Å²) in [5, 5.41) is 0. The van der Waals surface area contributed by atoms with Gasteiger partial charge in [0.05, 0.1) is 6.54 Å². The molecule has 0 aliphatic heterocycles. The third-order valence-electron chi connectivity index (χ3n) is 2.72. The normalized spacial score (nSPS) is 16.5. The Hall–Kier alpha value is -1.51. The van der Waals surface area contributed by atoms with Crippen LogP contribution >= 0.6 is 0 Å². The Kier molecular flexibility index (Phi) is 2.90. The van der Waals surface area contributed by atoms with E-state index in [0.717, 1.165) is 0 Å². The summed E-state index contributed by atoms with van der Waals surface area (Å²) in [4.78, 5) is 6.45. The lowest BCUT2D eigenvalue weighted by molar-refractivity contribution is 0.487. The molecule has 3 heteroatoms. The van der Waals surface area contributed by atoms with Crippen LogP contribution in [0.2, 0.25) is 0 Å². The Morgan fingerprint density at radius 1 is 1.40 bits per heavy atom. The number of hydrogen-bond donors (Lipinski definition) is 1. The summed E-state index contributed by atoms with van der Waals surface area (Å²) in [7, 11) is 2.02. The lowest BCUT2D eigenvalue weighted by Gasteiger charge is -2.16. The molecular weight excluding hydrogens is 186 g/mol. The molecular formula is C12H17N3. The van der Waals surface area contributed by atoms with Crippen molar-refractivity contribution < 1.29 is 0 Å². The van der Waals surface area contributed by atoms with Gasteiger partial charge in [0.2, 0.25) is 0 Å². The van der Waals surface area contributed by atoms with Gasteiger partial charge >= 0.3 is 0 Å². The van der Waals surface area contributed by atoms with Crippen molar-refractivity contribution in [2.45, 2.75) is 25.4 Å². The summed E-state index contributed by atoms with van der Waals surface area (Å²) >= 11 is 0. The zero-order chi connectivity index (χ0) is 10.7. The van der Waals surface area contributed by atoms with Crippen LogP contribution in [0.5, 0.6) is 0 Å². The van der Waals surface area contributed by atoms with Gasteiger partial charge in [0.15, 0.2) is 5.96 Å². The van der Waals surface area contributed by atoms with Crippen molar-refractivity contribution in [3.8, 4) is 0 Å². The molecule has 0 saturated heterocycles. The number of nitrogens with zero attached hydrogens (tertiary/aromatic N) is 2. The Labute approximate surface area is 90.6 Å². The van der Waals surface area contributed by atoms with Crippen LogP contribution in [0.15, 0.2) is 35.3 Å². The SMILES string of the molecule is CN(C(N)=NCc1ccccc1)C1CC1. The summed E-state index contributed by atoms with van der Waals surface area (Å²) in [6.07, 6.45) is 2.50. The monoisotopic (exact) mass is 203 g/mol. The van der Waals surface area contributed by atoms with E-state index in [-0.39, 0.29) is 0 Å². The van der Waals surface area contributed by atoms with Crippen molar-refractivity contribution >= 4 is 5.96 Å². The minimum Gasteiger partial charge on any atom is -0.370 e. The fraction of sp³-hybridized carbons (Fsp3) is 0.417. The number of benzene rings is 1. The molecule has 0 amide bonds. The maximum Gasteiger partial charge on any atom is 0.191 e. The summed E-state index contributed by atoms with van der Waals surface area (Å²) in [6.45, 7) is 0.670. The molecule has 15 heavy (non-hydrogen) atoms. The van der Waals surface area contributed by atoms with Gasteiger partial charge < -0.3 is 10.6 Å². The van der Waals surface area contributed by atoms with E-state index in [1.807, 2.05) is 25.2 Å². The average molecular weight is 203 g/mol. The van der Waals surface area contributed by atoms with Crippen LogP contribution in [0.1, 0.15) is 18.4 Å². The molecule has 3 nitrogen and oxygen atoms in total. The maximum atomic E-state index is 5.88. The van der Waals surface area contributed by atoms with Gasteiger partial charge in [-0.1, -0.05) is 30.3 Å². The standard InChI is InChI=1S/C12H17N3/c1-15(11-7-8-11)12(13)14-9-10-5-3-2-4-6-10/h2-6,11H,7-9H2,1H3,(H2,13,14). The molecule has 0 unspecified atom stereocenters. The quantitative estimate of drug-likeness (QED) is 0.599. The molecule has 2 rings (SSSR count). The van der Waals surface area contributed by atoms with E-state index >= 15 is 0 Å². The summed E-state index contributed by atoms with van der Waals surface area (Å²) in [5.41, 5.74) is 7.08. The van der Waals surface area contributed by atoms with Gasteiger partial charge in [-0.2, -0.15) is 0 Å². The summed E-state index contributed by atoms with van der Waals surface area (Å²) < 4.78 is 0. The van der Waals surface area contributed by atoms with Crippen molar-refractivity contribution in [1.82, 2.24) is 4.90 Å². The molecule has 2 N–H and O–H groups in total. The first-order valence-electron chi connectivity index (χ1n) is 5.34. The third kappa shape index (κ3) is 2.72. The third-order valence-corrected chi connectivity index (χ3v) is 2.72. The second-order valence-electron chi connectivity index (χ2n) is 4.00. The lowest BCUT2D eigenvalue weighted by Crippen LogP contribution is -2.35. The molecule has 1 aromatic carbocycles. The highest BCUT2D eigenvalue weighted by molar-refractivity contribution is 5.78. The number of nitrogens with two attached hydrogens (primary N) is 1. The van der Waals surface area contributed by atoms with Crippen molar-refractivity contribution in [3.63, 3.8) is 0 Å². The number of guanidine groups is 1. The highest BCUT2D eigenvalue weighted by Crippen LogP contribution is 2.24. The van der Waals surface area contributed by atoms with Crippen LogP contribution in [0, 0.1) is 0 Å². The molecule has 1 aromatic rings. The molecule has 80 valence electrons. The zero-order valence-corrected chi connectivity index (χ0v) is 9.06. The van der Waals surface area contributed by atoms with E-state index in [0.29, 0.717) is 18.5 Å². The molecule has 1 fully saturated rings. The van der Waals surface area contributed by atoms with Crippen molar-refractivity contribution in [1.29, 1.82) is 0 Å². The molecule has 0 atom stereocenters. The van der Waals surface area contributed by atoms with E-state index in [1.54, 1.807) is 0 Å². The van der Waals surface area contributed by atoms with Gasteiger partial charge in [0.25, 0.3) is 0 Å². The van der Waals surface area contributed by atoms with Gasteiger partial charge in [-0.25, -0.2) is 4.99 Å². The zero-order valence-electron chi connectivity index (χ0n) is 9.06. The fourth-order valence-electron chi connectivity index (χ4n) is 1.52. The van der Waals surface area contributed by atoms with E-state index in [4.69, 9.17) is 5.73 Å². The van der Waals surface area contributed by atoms with Crippen LogP contribution in [0.4, 0.5) is 0 Å². The van der Waals surface area contributed by atoms with Crippen molar-refractivity contribution in [2.24, 2.45) is 10.7 Å². The number of rotatable bonds is 3. The fourth-order valence-corrected chi connectivity index (χ4v) is 1.52. The highest BCUT2D eigenvalue weighted by Gasteiger charge is 2.27. The minimum absolute atomic E-state index is 0.629. The first-order valence-corrected chi connectivity index (χ1v) is 5.34. The molecule has 1 saturated carbocycles. The van der Waals surface area contributed by atoms with Crippen molar-refractivity contribution in [3.05, 3.63) is 35.9 Å². The largest absolute Gasteiger partial charge is 0.370 e. The molecule has 1 aliphatic rings. The maximum absolute atomic E-state index is 5.88. The van der Waals surface area contributed by atoms with Gasteiger partial charge in [-0.05, 0) is 18.4 Å². The second kappa shape index (κ2) is 4.34. The van der Waals surface area contributed by atoms with E-state index < -0.39 is 0 Å². The first-order chi connectivity index (χ1) is 7.27. The Morgan fingerprint density at radius 2 is 2.07 bits per heavy atom. The number of hydrogen-bond acceptors (Lipinski definition) is 1. The second-order valence-corrected chi connectivity index (χ2v) is 4.00. The van der Waals surface area contributed by atoms with Crippen LogP contribution in [-0.4, -0.2) is 23.9 Å². The van der Waals surface area contributed by atoms with E-state index in [9.17, 15) is 0 Å². The molecule has 0 bridgehead atoms. The topological polar surface area (TPSA) is 41.6 Å². The Bertz CT molecular complexity index is 341. The predicted molar refractivity (Wildman–Crippen MR) is 62.6 cm³/mol. The molecule has 0 heterocycles. The molecule has 0 aromatic heterocycles. The highest BCUT2D eigenvalue weighted by atomic mass is 15.3. The van der Waals surface area contributed by atoms with E-state index in [1.165, 1.54) is 18.4 Å². The Morgan fingerprint density at radius 3 is 2.67 bits per heavy atom. The molecule has 0 spiro atoms. The summed E-state index contributed by atoms with van der Waals surface area (Å²) in [5.74, 6) is 0.654. The first kappa shape index (κ1) is 10.0. The summed E-state index contributed by atoms with van der Waals surface area (Å²) in [6, 6.07) is 10.8. The van der Waals surface area contributed by atoms with Gasteiger partial charge in [0.1, 0.15) is 0 Å². The molecule has 1 aliphatic carbocycles. The Balaban J connectivity index is 1.92.